The van der Waals surface area contributed by atoms with Crippen molar-refractivity contribution in [2.24, 2.45) is 0 Å². The lowest BCUT2D eigenvalue weighted by Crippen LogP contribution is -2.26. The van der Waals surface area contributed by atoms with Gasteiger partial charge < -0.3 is 15.2 Å². The zero-order valence-corrected chi connectivity index (χ0v) is 17.4. The molecule has 2 N–H and O–H groups in total. The van der Waals surface area contributed by atoms with E-state index in [1.54, 1.807) is 36.3 Å². The molecule has 5 rings (SSSR count). The minimum absolute atomic E-state index is 0.0677. The van der Waals surface area contributed by atoms with Crippen LogP contribution in [-0.2, 0) is 0 Å². The molecule has 156 valence electrons. The molecule has 0 aliphatic heterocycles. The number of nitrogens with zero attached hydrogens (tertiary/aromatic N) is 2. The Bertz CT molecular complexity index is 1490. The summed E-state index contributed by atoms with van der Waals surface area (Å²) in [6.45, 7) is 0. The molecule has 0 aliphatic carbocycles. The Balaban J connectivity index is 1.47. The number of nitrogens with one attached hydrogen (secondary N) is 2. The molecule has 32 heavy (non-hydrogen) atoms. The van der Waals surface area contributed by atoms with Crippen LogP contribution in [0.5, 0.6) is 0 Å². The van der Waals surface area contributed by atoms with E-state index in [1.165, 1.54) is 0 Å². The molecule has 3 aromatic carbocycles. The van der Waals surface area contributed by atoms with Crippen LogP contribution >= 0.6 is 0 Å². The zero-order chi connectivity index (χ0) is 22.1. The van der Waals surface area contributed by atoms with Gasteiger partial charge in [-0.1, -0.05) is 36.4 Å². The maximum Gasteiger partial charge on any atom is 0.258 e. The van der Waals surface area contributed by atoms with Gasteiger partial charge in [-0.3, -0.25) is 9.59 Å². The molecular weight excluding hydrogens is 400 g/mol. The van der Waals surface area contributed by atoms with Gasteiger partial charge in [0.25, 0.3) is 11.5 Å². The number of aromatic amines is 1. The molecule has 6 nitrogen and oxygen atoms in total. The van der Waals surface area contributed by atoms with Crippen molar-refractivity contribution in [3.63, 3.8) is 0 Å². The molecule has 5 aromatic rings. The Morgan fingerprint density at radius 1 is 0.875 bits per heavy atom. The van der Waals surface area contributed by atoms with Gasteiger partial charge in [0, 0.05) is 46.3 Å². The van der Waals surface area contributed by atoms with E-state index in [-0.39, 0.29) is 11.5 Å². The Morgan fingerprint density at radius 3 is 2.31 bits per heavy atom. The summed E-state index contributed by atoms with van der Waals surface area (Å²) in [4.78, 5) is 33.9. The van der Waals surface area contributed by atoms with Crippen LogP contribution < -0.4 is 15.8 Å². The summed E-state index contributed by atoms with van der Waals surface area (Å²) >= 11 is 0. The van der Waals surface area contributed by atoms with Gasteiger partial charge >= 0.3 is 0 Å². The topological polar surface area (TPSA) is 78.1 Å². The third-order valence-electron chi connectivity index (χ3n) is 5.48. The fourth-order valence-corrected chi connectivity index (χ4v) is 3.82. The van der Waals surface area contributed by atoms with Crippen LogP contribution in [0.1, 0.15) is 10.4 Å². The van der Waals surface area contributed by atoms with E-state index in [2.05, 4.69) is 15.3 Å². The van der Waals surface area contributed by atoms with E-state index in [1.807, 2.05) is 66.7 Å². The molecule has 0 bridgehead atoms. The Hall–Kier alpha value is -4.45. The van der Waals surface area contributed by atoms with Gasteiger partial charge in [-0.05, 0) is 48.5 Å². The molecule has 0 spiro atoms. The minimum atomic E-state index is -0.159. The van der Waals surface area contributed by atoms with E-state index in [0.717, 1.165) is 27.8 Å². The van der Waals surface area contributed by atoms with Crippen molar-refractivity contribution in [1.82, 2.24) is 9.97 Å². The summed E-state index contributed by atoms with van der Waals surface area (Å²) < 4.78 is 0. The number of pyridine rings is 2. The summed E-state index contributed by atoms with van der Waals surface area (Å²) in [5.74, 6) is -0.0677. The minimum Gasteiger partial charge on any atom is -0.355 e. The summed E-state index contributed by atoms with van der Waals surface area (Å²) in [7, 11) is 1.76. The summed E-state index contributed by atoms with van der Waals surface area (Å²) in [6, 6.07) is 26.2. The summed E-state index contributed by atoms with van der Waals surface area (Å²) in [5.41, 5.74) is 3.50. The van der Waals surface area contributed by atoms with Crippen LogP contribution in [-0.4, -0.2) is 22.9 Å². The van der Waals surface area contributed by atoms with Gasteiger partial charge in [0.2, 0.25) is 0 Å². The number of H-pyrrole nitrogens is 1. The van der Waals surface area contributed by atoms with Crippen molar-refractivity contribution in [2.45, 2.75) is 0 Å². The van der Waals surface area contributed by atoms with E-state index < -0.39 is 0 Å². The first-order valence-corrected chi connectivity index (χ1v) is 10.2. The second-order valence-electron chi connectivity index (χ2n) is 7.48. The molecule has 0 fully saturated rings. The van der Waals surface area contributed by atoms with Crippen molar-refractivity contribution in [3.8, 4) is 0 Å². The number of carbonyl (C=O) groups is 1. The van der Waals surface area contributed by atoms with Crippen LogP contribution in [0.2, 0.25) is 0 Å². The van der Waals surface area contributed by atoms with Gasteiger partial charge in [-0.2, -0.15) is 0 Å². The monoisotopic (exact) mass is 420 g/mol. The SMILES string of the molecule is CN(C(=O)c1ccccc1)c1ccc(Nc2ccnc3[nH]c(=O)c4ccccc4c23)cc1. The number of carbonyl (C=O) groups excluding carboxylic acids is 1. The molecule has 0 atom stereocenters. The molecule has 0 radical (unpaired) electrons. The first-order chi connectivity index (χ1) is 15.6. The molecule has 2 aromatic heterocycles. The average molecular weight is 420 g/mol. The number of benzene rings is 3. The van der Waals surface area contributed by atoms with E-state index in [9.17, 15) is 9.59 Å². The van der Waals surface area contributed by atoms with Crippen molar-refractivity contribution in [2.75, 3.05) is 17.3 Å². The highest BCUT2D eigenvalue weighted by Gasteiger charge is 2.14. The molecule has 6 heteroatoms. The first kappa shape index (κ1) is 19.5. The maximum absolute atomic E-state index is 12.7. The lowest BCUT2D eigenvalue weighted by atomic mass is 10.1. The van der Waals surface area contributed by atoms with Crippen LogP contribution in [0.3, 0.4) is 0 Å². The number of aromatic nitrogens is 2. The third-order valence-corrected chi connectivity index (χ3v) is 5.48. The van der Waals surface area contributed by atoms with Gasteiger partial charge in [-0.15, -0.1) is 0 Å². The second kappa shape index (κ2) is 8.00. The highest BCUT2D eigenvalue weighted by Crippen LogP contribution is 2.30. The van der Waals surface area contributed by atoms with Crippen LogP contribution in [0.4, 0.5) is 17.1 Å². The number of amides is 1. The normalized spacial score (nSPS) is 10.9. The Labute approximate surface area is 184 Å². The fraction of sp³-hybridized carbons (Fsp3) is 0.0385. The molecular formula is C26H20N4O2. The highest BCUT2D eigenvalue weighted by molar-refractivity contribution is 6.11. The first-order valence-electron chi connectivity index (χ1n) is 10.2. The Kier molecular flexibility index (Phi) is 4.88. The van der Waals surface area contributed by atoms with Crippen molar-refractivity contribution in [1.29, 1.82) is 0 Å². The van der Waals surface area contributed by atoms with Crippen LogP contribution in [0.25, 0.3) is 21.8 Å². The van der Waals surface area contributed by atoms with Crippen LogP contribution in [0, 0.1) is 0 Å². The Morgan fingerprint density at radius 2 is 1.56 bits per heavy atom. The standard InChI is InChI=1S/C26H20N4O2/c1-30(26(32)17-7-3-2-4-8-17)19-13-11-18(12-14-19)28-22-15-16-27-24-23(22)20-9-5-6-10-21(20)25(31)29-24/h2-16H,1H3,(H2,27,28,29,31). The zero-order valence-electron chi connectivity index (χ0n) is 17.4. The lowest BCUT2D eigenvalue weighted by molar-refractivity contribution is 0.0993. The smallest absolute Gasteiger partial charge is 0.258 e. The molecule has 0 aliphatic rings. The van der Waals surface area contributed by atoms with Crippen molar-refractivity contribution in [3.05, 3.63) is 107 Å². The fourth-order valence-electron chi connectivity index (χ4n) is 3.82. The quantitative estimate of drug-likeness (QED) is 0.397. The molecule has 0 unspecified atom stereocenters. The van der Waals surface area contributed by atoms with Crippen molar-refractivity contribution >= 4 is 44.8 Å². The number of fused-ring (bicyclic) bond motifs is 3. The second-order valence-corrected chi connectivity index (χ2v) is 7.48. The van der Waals surface area contributed by atoms with E-state index in [0.29, 0.717) is 16.6 Å². The predicted molar refractivity (Wildman–Crippen MR) is 129 cm³/mol. The highest BCUT2D eigenvalue weighted by atomic mass is 16.2. The van der Waals surface area contributed by atoms with Gasteiger partial charge in [-0.25, -0.2) is 4.98 Å². The van der Waals surface area contributed by atoms with Gasteiger partial charge in [0.1, 0.15) is 5.65 Å². The maximum atomic E-state index is 12.7. The lowest BCUT2D eigenvalue weighted by Gasteiger charge is -2.18. The average Bonchev–Trinajstić information content (AvgIpc) is 2.84. The largest absolute Gasteiger partial charge is 0.355 e. The van der Waals surface area contributed by atoms with Crippen LogP contribution in [0.15, 0.2) is 95.9 Å². The van der Waals surface area contributed by atoms with E-state index in [4.69, 9.17) is 0 Å². The number of anilines is 3. The number of hydrogen-bond acceptors (Lipinski definition) is 4. The predicted octanol–water partition coefficient (Wildman–Crippen LogP) is 5.10. The molecule has 0 saturated carbocycles. The summed E-state index contributed by atoms with van der Waals surface area (Å²) in [6.07, 6.45) is 1.66. The summed E-state index contributed by atoms with van der Waals surface area (Å²) in [5, 5.41) is 5.73. The molecule has 1 amide bonds. The van der Waals surface area contributed by atoms with Gasteiger partial charge in [0.05, 0.1) is 5.69 Å². The molecule has 0 saturated heterocycles. The van der Waals surface area contributed by atoms with Gasteiger partial charge in [0.15, 0.2) is 0 Å². The van der Waals surface area contributed by atoms with E-state index >= 15 is 0 Å². The third kappa shape index (κ3) is 3.48. The van der Waals surface area contributed by atoms with Crippen molar-refractivity contribution < 1.29 is 4.79 Å². The number of hydrogen-bond donors (Lipinski definition) is 2. The molecule has 2 heterocycles. The number of rotatable bonds is 4.